The highest BCUT2D eigenvalue weighted by molar-refractivity contribution is 5.98. The smallest absolute Gasteiger partial charge is 0.318 e. The van der Waals surface area contributed by atoms with Gasteiger partial charge in [0.05, 0.1) is 12.5 Å². The molecule has 0 spiro atoms. The summed E-state index contributed by atoms with van der Waals surface area (Å²) in [5.74, 6) is 0.292. The molecule has 1 aromatic carbocycles. The zero-order valence-corrected chi connectivity index (χ0v) is 10.5. The van der Waals surface area contributed by atoms with Gasteiger partial charge in [-0.3, -0.25) is 10.1 Å². The first-order valence-corrected chi connectivity index (χ1v) is 5.66. The van der Waals surface area contributed by atoms with Crippen molar-refractivity contribution in [3.63, 3.8) is 0 Å². The number of ether oxygens (including phenoxy) is 1. The van der Waals surface area contributed by atoms with Crippen LogP contribution in [-0.4, -0.2) is 18.0 Å². The quantitative estimate of drug-likeness (QED) is 0.828. The maximum Gasteiger partial charge on any atom is 0.318 e. The first kappa shape index (κ1) is 14.0. The lowest BCUT2D eigenvalue weighted by Gasteiger charge is -2.09. The molecule has 0 aliphatic rings. The molecule has 0 atom stereocenters. The van der Waals surface area contributed by atoms with Crippen molar-refractivity contribution in [2.24, 2.45) is 5.73 Å². The van der Waals surface area contributed by atoms with Crippen LogP contribution in [0, 0.1) is 6.42 Å². The van der Waals surface area contributed by atoms with Gasteiger partial charge in [0.25, 0.3) is 0 Å². The minimum Gasteiger partial charge on any atom is -0.491 e. The van der Waals surface area contributed by atoms with Gasteiger partial charge in [0.1, 0.15) is 5.75 Å². The van der Waals surface area contributed by atoms with E-state index in [2.05, 4.69) is 0 Å². The van der Waals surface area contributed by atoms with Gasteiger partial charge in [-0.25, -0.2) is 4.79 Å². The number of hydrogen-bond acceptors (Lipinski definition) is 3. The van der Waals surface area contributed by atoms with Crippen molar-refractivity contribution in [3.8, 4) is 5.75 Å². The topological polar surface area (TPSA) is 81.4 Å². The molecule has 0 fully saturated rings. The predicted octanol–water partition coefficient (Wildman–Crippen LogP) is 1.42. The van der Waals surface area contributed by atoms with Gasteiger partial charge in [-0.1, -0.05) is 12.1 Å². The molecule has 0 bridgehead atoms. The van der Waals surface area contributed by atoms with E-state index in [9.17, 15) is 9.59 Å². The standard InChI is InChI=1S/C13H17N2O3/c1-9(2)18-11-6-3-10(4-7-11)5-8-12(16)15-13(14)17/h3-4,6-9H,5H2,1-2H3,(H3,14,15,16,17). The number of rotatable bonds is 5. The molecular weight excluding hydrogens is 232 g/mol. The first-order valence-electron chi connectivity index (χ1n) is 5.66. The Kier molecular flexibility index (Phi) is 5.17. The van der Waals surface area contributed by atoms with Crippen molar-refractivity contribution >= 4 is 11.9 Å². The average molecular weight is 249 g/mol. The summed E-state index contributed by atoms with van der Waals surface area (Å²) >= 11 is 0. The number of amides is 3. The molecule has 97 valence electrons. The SMILES string of the molecule is CC(C)Oc1ccc(C[CH]C(=O)NC(N)=O)cc1. The van der Waals surface area contributed by atoms with Gasteiger partial charge in [0, 0.05) is 0 Å². The number of nitrogens with two attached hydrogens (primary N) is 1. The maximum atomic E-state index is 11.1. The van der Waals surface area contributed by atoms with Crippen LogP contribution in [-0.2, 0) is 11.2 Å². The third-order valence-electron chi connectivity index (χ3n) is 2.06. The highest BCUT2D eigenvalue weighted by atomic mass is 16.5. The Morgan fingerprint density at radius 3 is 2.44 bits per heavy atom. The number of imide groups is 1. The van der Waals surface area contributed by atoms with Crippen molar-refractivity contribution in [3.05, 3.63) is 36.2 Å². The fraction of sp³-hybridized carbons (Fsp3) is 0.308. The van der Waals surface area contributed by atoms with Gasteiger partial charge in [-0.05, 0) is 38.0 Å². The lowest BCUT2D eigenvalue weighted by Crippen LogP contribution is -2.35. The molecule has 1 rings (SSSR count). The van der Waals surface area contributed by atoms with Gasteiger partial charge in [-0.15, -0.1) is 0 Å². The molecule has 0 aliphatic carbocycles. The number of nitrogens with one attached hydrogen (secondary N) is 1. The summed E-state index contributed by atoms with van der Waals surface area (Å²) in [6.07, 6.45) is 1.92. The number of carbonyl (C=O) groups excluding carboxylic acids is 2. The summed E-state index contributed by atoms with van der Waals surface area (Å²) in [6, 6.07) is 6.57. The first-order chi connectivity index (χ1) is 8.47. The third-order valence-corrected chi connectivity index (χ3v) is 2.06. The molecule has 0 aromatic heterocycles. The van der Waals surface area contributed by atoms with Gasteiger partial charge in [0.15, 0.2) is 0 Å². The second-order valence-electron chi connectivity index (χ2n) is 4.07. The molecule has 0 saturated heterocycles. The normalized spacial score (nSPS) is 10.2. The molecule has 3 amide bonds. The molecule has 5 nitrogen and oxygen atoms in total. The number of urea groups is 1. The van der Waals surface area contributed by atoms with E-state index in [1.807, 2.05) is 43.4 Å². The number of benzene rings is 1. The Balaban J connectivity index is 2.44. The highest BCUT2D eigenvalue weighted by Crippen LogP contribution is 2.14. The molecule has 0 unspecified atom stereocenters. The van der Waals surface area contributed by atoms with E-state index in [-0.39, 0.29) is 6.10 Å². The Labute approximate surface area is 106 Å². The molecule has 3 N–H and O–H groups in total. The largest absolute Gasteiger partial charge is 0.491 e. The zero-order chi connectivity index (χ0) is 13.5. The minimum atomic E-state index is -0.850. The Hall–Kier alpha value is -2.04. The van der Waals surface area contributed by atoms with Crippen LogP contribution in [0.25, 0.3) is 0 Å². The van der Waals surface area contributed by atoms with Gasteiger partial charge in [0.2, 0.25) is 5.91 Å². The van der Waals surface area contributed by atoms with Gasteiger partial charge < -0.3 is 10.5 Å². The van der Waals surface area contributed by atoms with Crippen molar-refractivity contribution in [2.75, 3.05) is 0 Å². The van der Waals surface area contributed by atoms with Crippen LogP contribution >= 0.6 is 0 Å². The molecular formula is C13H17N2O3. The fourth-order valence-corrected chi connectivity index (χ4v) is 1.36. The van der Waals surface area contributed by atoms with Gasteiger partial charge >= 0.3 is 6.03 Å². The van der Waals surface area contributed by atoms with Crippen molar-refractivity contribution in [2.45, 2.75) is 26.4 Å². The van der Waals surface area contributed by atoms with Crippen LogP contribution in [0.4, 0.5) is 4.79 Å². The summed E-state index contributed by atoms with van der Waals surface area (Å²) in [5, 5.41) is 1.97. The van der Waals surface area contributed by atoms with Crippen LogP contribution in [0.1, 0.15) is 19.4 Å². The zero-order valence-electron chi connectivity index (χ0n) is 10.5. The molecule has 0 heterocycles. The number of carbonyl (C=O) groups is 2. The summed E-state index contributed by atoms with van der Waals surface area (Å²) < 4.78 is 5.50. The van der Waals surface area contributed by atoms with Crippen LogP contribution in [0.3, 0.4) is 0 Å². The lowest BCUT2D eigenvalue weighted by atomic mass is 10.1. The third kappa shape index (κ3) is 5.34. The number of primary amides is 1. The molecule has 1 aromatic rings. The summed E-state index contributed by atoms with van der Waals surface area (Å²) in [5.41, 5.74) is 5.77. The second-order valence-corrected chi connectivity index (χ2v) is 4.07. The highest BCUT2D eigenvalue weighted by Gasteiger charge is 2.05. The van der Waals surface area contributed by atoms with E-state index in [4.69, 9.17) is 10.5 Å². The predicted molar refractivity (Wildman–Crippen MR) is 67.9 cm³/mol. The van der Waals surface area contributed by atoms with E-state index in [1.165, 1.54) is 6.42 Å². The Morgan fingerprint density at radius 2 is 1.94 bits per heavy atom. The van der Waals surface area contributed by atoms with Crippen LogP contribution in [0.5, 0.6) is 5.75 Å². The molecule has 0 saturated carbocycles. The van der Waals surface area contributed by atoms with Crippen molar-refractivity contribution in [1.82, 2.24) is 5.32 Å². The van der Waals surface area contributed by atoms with E-state index in [1.54, 1.807) is 0 Å². The van der Waals surface area contributed by atoms with Crippen molar-refractivity contribution in [1.29, 1.82) is 0 Å². The Morgan fingerprint density at radius 1 is 1.33 bits per heavy atom. The molecule has 18 heavy (non-hydrogen) atoms. The summed E-state index contributed by atoms with van der Waals surface area (Å²) in [4.78, 5) is 21.6. The summed E-state index contributed by atoms with van der Waals surface area (Å²) in [7, 11) is 0. The molecule has 5 heteroatoms. The maximum absolute atomic E-state index is 11.1. The van der Waals surface area contributed by atoms with Crippen LogP contribution < -0.4 is 15.8 Å². The van der Waals surface area contributed by atoms with Gasteiger partial charge in [-0.2, -0.15) is 0 Å². The molecule has 1 radical (unpaired) electrons. The fourth-order valence-electron chi connectivity index (χ4n) is 1.36. The van der Waals surface area contributed by atoms with E-state index in [0.29, 0.717) is 6.42 Å². The average Bonchev–Trinajstić information content (AvgIpc) is 2.26. The van der Waals surface area contributed by atoms with E-state index >= 15 is 0 Å². The monoisotopic (exact) mass is 249 g/mol. The van der Waals surface area contributed by atoms with E-state index < -0.39 is 11.9 Å². The Bertz CT molecular complexity index is 413. The second kappa shape index (κ2) is 6.64. The van der Waals surface area contributed by atoms with Crippen LogP contribution in [0.15, 0.2) is 24.3 Å². The minimum absolute atomic E-state index is 0.128. The molecule has 0 aliphatic heterocycles. The number of hydrogen-bond donors (Lipinski definition) is 2. The summed E-state index contributed by atoms with van der Waals surface area (Å²) in [6.45, 7) is 3.91. The van der Waals surface area contributed by atoms with Crippen LogP contribution in [0.2, 0.25) is 0 Å². The lowest BCUT2D eigenvalue weighted by molar-refractivity contribution is -0.116. The van der Waals surface area contributed by atoms with Crippen molar-refractivity contribution < 1.29 is 14.3 Å². The van der Waals surface area contributed by atoms with E-state index in [0.717, 1.165) is 11.3 Å².